The van der Waals surface area contributed by atoms with Gasteiger partial charge in [-0.25, -0.2) is 13.4 Å². The molecular formula is C24H32N4O4S. The molecule has 1 atom stereocenters. The molecule has 0 saturated carbocycles. The van der Waals surface area contributed by atoms with Gasteiger partial charge in [0.05, 0.1) is 22.1 Å². The normalized spacial score (nSPS) is 13.1. The number of hydrogen-bond donors (Lipinski definition) is 1. The van der Waals surface area contributed by atoms with E-state index in [2.05, 4.69) is 15.0 Å². The van der Waals surface area contributed by atoms with Gasteiger partial charge in [-0.05, 0) is 43.0 Å². The van der Waals surface area contributed by atoms with E-state index in [0.717, 1.165) is 28.1 Å². The third-order valence-corrected chi connectivity index (χ3v) is 7.48. The number of rotatable bonds is 10. The monoisotopic (exact) mass is 472 g/mol. The van der Waals surface area contributed by atoms with Gasteiger partial charge in [-0.3, -0.25) is 9.78 Å². The molecule has 0 aliphatic carbocycles. The van der Waals surface area contributed by atoms with E-state index in [4.69, 9.17) is 4.74 Å². The summed E-state index contributed by atoms with van der Waals surface area (Å²) >= 11 is 0. The lowest BCUT2D eigenvalue weighted by Crippen LogP contribution is -2.43. The number of aromatic nitrogens is 3. The second kappa shape index (κ2) is 10.4. The molecule has 3 rings (SSSR count). The Morgan fingerprint density at radius 1 is 1.18 bits per heavy atom. The van der Waals surface area contributed by atoms with Gasteiger partial charge in [0.15, 0.2) is 0 Å². The molecule has 33 heavy (non-hydrogen) atoms. The second-order valence-electron chi connectivity index (χ2n) is 8.59. The fraction of sp³-hybridized carbons (Fsp3) is 0.458. The Morgan fingerprint density at radius 3 is 2.48 bits per heavy atom. The van der Waals surface area contributed by atoms with E-state index < -0.39 is 22.0 Å². The van der Waals surface area contributed by atoms with Crippen molar-refractivity contribution in [3.8, 4) is 0 Å². The molecule has 0 amide bonds. The van der Waals surface area contributed by atoms with Crippen LogP contribution < -0.4 is 0 Å². The fourth-order valence-electron chi connectivity index (χ4n) is 4.00. The van der Waals surface area contributed by atoms with Crippen LogP contribution in [-0.4, -0.2) is 52.8 Å². The number of likely N-dealkylation sites (N-methyl/N-ethyl adjacent to an activating group) is 1. The lowest BCUT2D eigenvalue weighted by molar-refractivity contribution is -0.142. The van der Waals surface area contributed by atoms with Gasteiger partial charge < -0.3 is 9.72 Å². The van der Waals surface area contributed by atoms with Gasteiger partial charge in [-0.2, -0.15) is 4.31 Å². The summed E-state index contributed by atoms with van der Waals surface area (Å²) < 4.78 is 33.5. The highest BCUT2D eigenvalue weighted by Crippen LogP contribution is 2.24. The summed E-state index contributed by atoms with van der Waals surface area (Å²) in [5.41, 5.74) is 3.53. The van der Waals surface area contributed by atoms with Gasteiger partial charge in [-0.15, -0.1) is 0 Å². The predicted octanol–water partition coefficient (Wildman–Crippen LogP) is 3.85. The minimum Gasteiger partial charge on any atom is -0.464 e. The van der Waals surface area contributed by atoms with Crippen molar-refractivity contribution in [3.05, 3.63) is 53.6 Å². The van der Waals surface area contributed by atoms with Crippen molar-refractivity contribution in [2.75, 3.05) is 13.2 Å². The summed E-state index contributed by atoms with van der Waals surface area (Å²) in [6, 6.07) is 8.34. The SMILES string of the molecule is CCN([C@H](COC(C)=O)CC(C)C)S(=O)(=O)c1ccc(Cc2nccc3[nH]c(C)nc23)cc1. The number of aromatic amines is 1. The number of imidazole rings is 1. The van der Waals surface area contributed by atoms with Crippen LogP contribution in [0.2, 0.25) is 0 Å². The lowest BCUT2D eigenvalue weighted by atomic mass is 10.0. The first-order chi connectivity index (χ1) is 15.6. The number of carbonyl (C=O) groups is 1. The number of nitrogens with zero attached hydrogens (tertiary/aromatic N) is 3. The number of fused-ring (bicyclic) bond motifs is 1. The minimum atomic E-state index is -3.76. The molecule has 9 heteroatoms. The van der Waals surface area contributed by atoms with E-state index in [1.54, 1.807) is 25.3 Å². The Kier molecular flexibility index (Phi) is 7.86. The average molecular weight is 473 g/mol. The maximum Gasteiger partial charge on any atom is 0.302 e. The first kappa shape index (κ1) is 24.9. The van der Waals surface area contributed by atoms with E-state index in [1.807, 2.05) is 39.0 Å². The standard InChI is InChI=1S/C24H32N4O4S/c1-6-28(20(13-16(2)3)15-32-18(5)29)33(30,31)21-9-7-19(8-10-21)14-23-24-22(11-12-25-23)26-17(4)27-24/h7-12,16,20H,6,13-15H2,1-5H3,(H,26,27)/t20-/m0/s1. The van der Waals surface area contributed by atoms with Crippen molar-refractivity contribution in [2.24, 2.45) is 5.92 Å². The molecule has 1 aromatic carbocycles. The number of hydrogen-bond acceptors (Lipinski definition) is 6. The Bertz CT molecular complexity index is 1200. The molecule has 0 radical (unpaired) electrons. The molecular weight excluding hydrogens is 440 g/mol. The van der Waals surface area contributed by atoms with E-state index in [0.29, 0.717) is 12.8 Å². The summed E-state index contributed by atoms with van der Waals surface area (Å²) in [6.45, 7) is 9.39. The zero-order chi connectivity index (χ0) is 24.2. The van der Waals surface area contributed by atoms with Crippen molar-refractivity contribution < 1.29 is 17.9 Å². The van der Waals surface area contributed by atoms with Crippen molar-refractivity contribution in [1.82, 2.24) is 19.3 Å². The molecule has 2 heterocycles. The van der Waals surface area contributed by atoms with Crippen LogP contribution in [-0.2, 0) is 26.0 Å². The van der Waals surface area contributed by atoms with Crippen LogP contribution in [0.4, 0.5) is 0 Å². The van der Waals surface area contributed by atoms with Gasteiger partial charge in [0.1, 0.15) is 17.9 Å². The summed E-state index contributed by atoms with van der Waals surface area (Å²) in [7, 11) is -3.76. The zero-order valence-corrected chi connectivity index (χ0v) is 20.6. The first-order valence-electron chi connectivity index (χ1n) is 11.2. The van der Waals surface area contributed by atoms with Crippen LogP contribution in [0.1, 0.15) is 51.2 Å². The quantitative estimate of drug-likeness (QED) is 0.450. The van der Waals surface area contributed by atoms with Crippen LogP contribution in [0, 0.1) is 12.8 Å². The maximum absolute atomic E-state index is 13.4. The highest BCUT2D eigenvalue weighted by atomic mass is 32.2. The molecule has 178 valence electrons. The van der Waals surface area contributed by atoms with Crippen LogP contribution in [0.3, 0.4) is 0 Å². The number of sulfonamides is 1. The van der Waals surface area contributed by atoms with Crippen molar-refractivity contribution >= 4 is 27.0 Å². The van der Waals surface area contributed by atoms with Crippen molar-refractivity contribution in [3.63, 3.8) is 0 Å². The van der Waals surface area contributed by atoms with Crippen LogP contribution in [0.15, 0.2) is 41.4 Å². The van der Waals surface area contributed by atoms with E-state index in [-0.39, 0.29) is 24.0 Å². The highest BCUT2D eigenvalue weighted by molar-refractivity contribution is 7.89. The third kappa shape index (κ3) is 5.97. The lowest BCUT2D eigenvalue weighted by Gasteiger charge is -2.30. The van der Waals surface area contributed by atoms with Crippen LogP contribution in [0.25, 0.3) is 11.0 Å². The number of aryl methyl sites for hydroxylation is 1. The van der Waals surface area contributed by atoms with Crippen molar-refractivity contribution in [1.29, 1.82) is 0 Å². The molecule has 2 aromatic heterocycles. The summed E-state index contributed by atoms with van der Waals surface area (Å²) in [5.74, 6) is 0.653. The molecule has 0 fully saturated rings. The molecule has 3 aromatic rings. The average Bonchev–Trinajstić information content (AvgIpc) is 3.13. The van der Waals surface area contributed by atoms with Gasteiger partial charge in [-0.1, -0.05) is 32.9 Å². The van der Waals surface area contributed by atoms with Gasteiger partial charge in [0.25, 0.3) is 0 Å². The predicted molar refractivity (Wildman–Crippen MR) is 127 cm³/mol. The maximum atomic E-state index is 13.4. The van der Waals surface area contributed by atoms with Crippen LogP contribution in [0.5, 0.6) is 0 Å². The van der Waals surface area contributed by atoms with E-state index in [9.17, 15) is 13.2 Å². The first-order valence-corrected chi connectivity index (χ1v) is 12.6. The molecule has 0 unspecified atom stereocenters. The number of carbonyl (C=O) groups excluding carboxylic acids is 1. The Labute approximate surface area is 195 Å². The molecule has 0 saturated heterocycles. The molecule has 0 aliphatic heterocycles. The minimum absolute atomic E-state index is 0.0391. The molecule has 0 bridgehead atoms. The largest absolute Gasteiger partial charge is 0.464 e. The number of esters is 1. The molecule has 1 N–H and O–H groups in total. The summed E-state index contributed by atoms with van der Waals surface area (Å²) in [6.07, 6.45) is 2.88. The van der Waals surface area contributed by atoms with Crippen molar-refractivity contribution in [2.45, 2.75) is 58.4 Å². The molecule has 8 nitrogen and oxygen atoms in total. The highest BCUT2D eigenvalue weighted by Gasteiger charge is 2.31. The molecule has 0 aliphatic rings. The van der Waals surface area contributed by atoms with Gasteiger partial charge in [0, 0.05) is 26.1 Å². The second-order valence-corrected chi connectivity index (χ2v) is 10.5. The van der Waals surface area contributed by atoms with E-state index >= 15 is 0 Å². The number of nitrogens with one attached hydrogen (secondary N) is 1. The fourth-order valence-corrected chi connectivity index (χ4v) is 5.63. The number of ether oxygens (including phenoxy) is 1. The number of pyridine rings is 1. The zero-order valence-electron chi connectivity index (χ0n) is 19.8. The Hall–Kier alpha value is -2.78. The Balaban J connectivity index is 1.84. The number of benzene rings is 1. The topological polar surface area (TPSA) is 105 Å². The van der Waals surface area contributed by atoms with Gasteiger partial charge in [0.2, 0.25) is 10.0 Å². The molecule has 0 spiro atoms. The van der Waals surface area contributed by atoms with Crippen LogP contribution >= 0.6 is 0 Å². The summed E-state index contributed by atoms with van der Waals surface area (Å²) in [5, 5.41) is 0. The van der Waals surface area contributed by atoms with E-state index in [1.165, 1.54) is 11.2 Å². The van der Waals surface area contributed by atoms with Gasteiger partial charge >= 0.3 is 5.97 Å². The Morgan fingerprint density at radius 2 is 1.88 bits per heavy atom. The third-order valence-electron chi connectivity index (χ3n) is 5.44. The smallest absolute Gasteiger partial charge is 0.302 e. The number of H-pyrrole nitrogens is 1. The summed E-state index contributed by atoms with van der Waals surface area (Å²) in [4.78, 5) is 23.7.